The van der Waals surface area contributed by atoms with Crippen LogP contribution in [0.15, 0.2) is 17.2 Å². The molecular weight excluding hydrogens is 339 g/mol. The van der Waals surface area contributed by atoms with Crippen molar-refractivity contribution >= 4 is 5.91 Å². The number of nitrogens with one attached hydrogen (secondary N) is 2. The van der Waals surface area contributed by atoms with Gasteiger partial charge in [0.05, 0.1) is 11.3 Å². The van der Waals surface area contributed by atoms with Crippen LogP contribution in [0.1, 0.15) is 46.9 Å². The van der Waals surface area contributed by atoms with Gasteiger partial charge in [0, 0.05) is 24.5 Å². The fraction of sp³-hybridized carbons (Fsp3) is 0.400. The Morgan fingerprint density at radius 3 is 2.32 bits per heavy atom. The topological polar surface area (TPSA) is 101 Å². The second-order valence-corrected chi connectivity index (χ2v) is 5.14. The Hall–Kier alpha value is -2.78. The van der Waals surface area contributed by atoms with Gasteiger partial charge in [0.15, 0.2) is 0 Å². The lowest BCUT2D eigenvalue weighted by molar-refractivity contribution is -0.145. The monoisotopic (exact) mass is 355 g/mol. The maximum atomic E-state index is 12.4. The molecule has 0 saturated carbocycles. The third kappa shape index (κ3) is 4.20. The molecule has 25 heavy (non-hydrogen) atoms. The van der Waals surface area contributed by atoms with Crippen molar-refractivity contribution in [2.75, 3.05) is 0 Å². The van der Waals surface area contributed by atoms with E-state index < -0.39 is 23.5 Å². The van der Waals surface area contributed by atoms with E-state index in [1.54, 1.807) is 0 Å². The highest BCUT2D eigenvalue weighted by Crippen LogP contribution is 2.25. The zero-order valence-electron chi connectivity index (χ0n) is 13.6. The summed E-state index contributed by atoms with van der Waals surface area (Å²) in [4.78, 5) is 30.3. The Kier molecular flexibility index (Phi) is 5.50. The lowest BCUT2D eigenvalue weighted by atomic mass is 10.0. The lowest BCUT2D eigenvalue weighted by Crippen LogP contribution is -2.29. The predicted molar refractivity (Wildman–Crippen MR) is 81.8 cm³/mol. The van der Waals surface area contributed by atoms with E-state index in [9.17, 15) is 22.8 Å². The Labute approximate surface area is 140 Å². The van der Waals surface area contributed by atoms with Gasteiger partial charge in [-0.25, -0.2) is 15.1 Å². The zero-order chi connectivity index (χ0) is 18.6. The normalized spacial score (nSPS) is 11.4. The summed E-state index contributed by atoms with van der Waals surface area (Å²) in [6.45, 7) is 3.68. The van der Waals surface area contributed by atoms with E-state index in [0.29, 0.717) is 18.4 Å². The third-order valence-electron chi connectivity index (χ3n) is 3.56. The number of hydrogen-bond donors (Lipinski definition) is 2. The highest BCUT2D eigenvalue weighted by atomic mass is 19.4. The maximum Gasteiger partial charge on any atom is 0.451 e. The van der Waals surface area contributed by atoms with E-state index in [1.165, 1.54) is 0 Å². The predicted octanol–water partition coefficient (Wildman–Crippen LogP) is 1.63. The standard InChI is InChI=1S/C15H16F3N5O2/c1-3-9-10(13(25)23-22-11(9)4-2)7-19-12(24)8-5-20-14(21-6-8)15(16,17)18/h5-6H,3-4,7H2,1-2H3,(H,19,24)(H,23,25). The number of aromatic amines is 1. The Morgan fingerprint density at radius 1 is 1.16 bits per heavy atom. The summed E-state index contributed by atoms with van der Waals surface area (Å²) < 4.78 is 37.3. The van der Waals surface area contributed by atoms with Crippen LogP contribution in [0.5, 0.6) is 0 Å². The molecule has 0 radical (unpaired) electrons. The van der Waals surface area contributed by atoms with Crippen molar-refractivity contribution in [3.63, 3.8) is 0 Å². The van der Waals surface area contributed by atoms with Gasteiger partial charge in [0.2, 0.25) is 5.82 Å². The maximum absolute atomic E-state index is 12.4. The SMILES string of the molecule is CCc1n[nH]c(=O)c(CNC(=O)c2cnc(C(F)(F)F)nc2)c1CC. The van der Waals surface area contributed by atoms with Crippen molar-refractivity contribution in [2.45, 2.75) is 39.4 Å². The van der Waals surface area contributed by atoms with Gasteiger partial charge in [0.1, 0.15) is 0 Å². The van der Waals surface area contributed by atoms with E-state index in [0.717, 1.165) is 23.7 Å². The molecule has 0 aliphatic rings. The van der Waals surface area contributed by atoms with Crippen LogP contribution in [0.25, 0.3) is 0 Å². The van der Waals surface area contributed by atoms with Gasteiger partial charge in [-0.3, -0.25) is 9.59 Å². The number of nitrogens with zero attached hydrogens (tertiary/aromatic N) is 3. The highest BCUT2D eigenvalue weighted by Gasteiger charge is 2.34. The molecule has 0 fully saturated rings. The van der Waals surface area contributed by atoms with Gasteiger partial charge < -0.3 is 5.32 Å². The summed E-state index contributed by atoms with van der Waals surface area (Å²) in [6, 6.07) is 0. The molecule has 2 aromatic heterocycles. The molecule has 2 rings (SSSR count). The first-order valence-electron chi connectivity index (χ1n) is 7.54. The molecule has 0 unspecified atom stereocenters. The van der Waals surface area contributed by atoms with Gasteiger partial charge in [-0.1, -0.05) is 13.8 Å². The van der Waals surface area contributed by atoms with Crippen LogP contribution in [0.3, 0.4) is 0 Å². The molecule has 2 aromatic rings. The molecular formula is C15H16F3N5O2. The van der Waals surface area contributed by atoms with Gasteiger partial charge in [-0.15, -0.1) is 0 Å². The Bertz CT molecular complexity index is 815. The quantitative estimate of drug-likeness (QED) is 0.849. The zero-order valence-corrected chi connectivity index (χ0v) is 13.6. The number of amides is 1. The fourth-order valence-electron chi connectivity index (χ4n) is 2.32. The highest BCUT2D eigenvalue weighted by molar-refractivity contribution is 5.93. The summed E-state index contributed by atoms with van der Waals surface area (Å²) >= 11 is 0. The van der Waals surface area contributed by atoms with Crippen LogP contribution in [-0.4, -0.2) is 26.1 Å². The summed E-state index contributed by atoms with van der Waals surface area (Å²) in [5.74, 6) is -2.00. The van der Waals surface area contributed by atoms with Crippen molar-refractivity contribution in [3.8, 4) is 0 Å². The molecule has 0 aliphatic heterocycles. The van der Waals surface area contributed by atoms with Gasteiger partial charge in [-0.2, -0.15) is 18.3 Å². The van der Waals surface area contributed by atoms with E-state index >= 15 is 0 Å². The molecule has 0 atom stereocenters. The van der Waals surface area contributed by atoms with Crippen molar-refractivity contribution in [1.82, 2.24) is 25.5 Å². The van der Waals surface area contributed by atoms with Crippen LogP contribution in [0.4, 0.5) is 13.2 Å². The first kappa shape index (κ1) is 18.6. The minimum absolute atomic E-state index is 0.0755. The van der Waals surface area contributed by atoms with Gasteiger partial charge in [-0.05, 0) is 18.4 Å². The number of alkyl halides is 3. The van der Waals surface area contributed by atoms with Crippen molar-refractivity contribution < 1.29 is 18.0 Å². The van der Waals surface area contributed by atoms with Crippen LogP contribution in [0, 0.1) is 0 Å². The number of aromatic nitrogens is 4. The molecule has 2 N–H and O–H groups in total. The number of carbonyl (C=O) groups excluding carboxylic acids is 1. The van der Waals surface area contributed by atoms with Crippen LogP contribution in [0.2, 0.25) is 0 Å². The number of halogens is 3. The van der Waals surface area contributed by atoms with Crippen LogP contribution < -0.4 is 10.9 Å². The van der Waals surface area contributed by atoms with E-state index in [1.807, 2.05) is 13.8 Å². The van der Waals surface area contributed by atoms with E-state index in [2.05, 4.69) is 25.5 Å². The average Bonchev–Trinajstić information content (AvgIpc) is 2.59. The second kappa shape index (κ2) is 7.41. The minimum atomic E-state index is -4.67. The van der Waals surface area contributed by atoms with E-state index in [4.69, 9.17) is 0 Å². The number of aryl methyl sites for hydroxylation is 1. The Balaban J connectivity index is 2.17. The number of hydrogen-bond acceptors (Lipinski definition) is 5. The third-order valence-corrected chi connectivity index (χ3v) is 3.56. The smallest absolute Gasteiger partial charge is 0.348 e. The summed E-state index contributed by atoms with van der Waals surface area (Å²) in [5.41, 5.74) is 1.29. The number of carbonyl (C=O) groups is 1. The molecule has 10 heteroatoms. The average molecular weight is 355 g/mol. The largest absolute Gasteiger partial charge is 0.451 e. The summed E-state index contributed by atoms with van der Waals surface area (Å²) in [5, 5.41) is 8.84. The number of H-pyrrole nitrogens is 1. The molecule has 134 valence electrons. The second-order valence-electron chi connectivity index (χ2n) is 5.14. The van der Waals surface area contributed by atoms with Crippen LogP contribution in [-0.2, 0) is 25.6 Å². The van der Waals surface area contributed by atoms with Crippen molar-refractivity contribution in [3.05, 3.63) is 51.0 Å². The molecule has 0 aliphatic carbocycles. The molecule has 1 amide bonds. The first-order chi connectivity index (χ1) is 11.8. The molecule has 2 heterocycles. The summed E-state index contributed by atoms with van der Waals surface area (Å²) in [6.07, 6.45) is -1.91. The minimum Gasteiger partial charge on any atom is -0.348 e. The first-order valence-corrected chi connectivity index (χ1v) is 7.54. The van der Waals surface area contributed by atoms with Gasteiger partial charge in [0.25, 0.3) is 11.5 Å². The molecule has 0 aromatic carbocycles. The lowest BCUT2D eigenvalue weighted by Gasteiger charge is -2.11. The molecule has 7 nitrogen and oxygen atoms in total. The van der Waals surface area contributed by atoms with Crippen molar-refractivity contribution in [2.24, 2.45) is 0 Å². The fourth-order valence-corrected chi connectivity index (χ4v) is 2.32. The molecule has 0 spiro atoms. The van der Waals surface area contributed by atoms with Crippen molar-refractivity contribution in [1.29, 1.82) is 0 Å². The molecule has 0 saturated heterocycles. The van der Waals surface area contributed by atoms with Crippen LogP contribution >= 0.6 is 0 Å². The Morgan fingerprint density at radius 2 is 1.80 bits per heavy atom. The molecule has 0 bridgehead atoms. The van der Waals surface area contributed by atoms with E-state index in [-0.39, 0.29) is 12.1 Å². The number of rotatable bonds is 5. The summed E-state index contributed by atoms with van der Waals surface area (Å²) in [7, 11) is 0. The van der Waals surface area contributed by atoms with Gasteiger partial charge >= 0.3 is 6.18 Å².